The Morgan fingerprint density at radius 1 is 1.28 bits per heavy atom. The summed E-state index contributed by atoms with van der Waals surface area (Å²) in [4.78, 5) is 20.1. The van der Waals surface area contributed by atoms with Crippen molar-refractivity contribution in [3.05, 3.63) is 47.4 Å². The molecule has 1 saturated carbocycles. The fourth-order valence-electron chi connectivity index (χ4n) is 5.20. The van der Waals surface area contributed by atoms with Crippen LogP contribution in [-0.2, 0) is 6.42 Å². The van der Waals surface area contributed by atoms with E-state index in [9.17, 15) is 4.39 Å². The first-order chi connectivity index (χ1) is 15.5. The molecule has 2 aromatic heterocycles. The lowest BCUT2D eigenvalue weighted by atomic mass is 10.0. The smallest absolute Gasteiger partial charge is 0.324 e. The summed E-state index contributed by atoms with van der Waals surface area (Å²) in [5.74, 6) is 2.21. The van der Waals surface area contributed by atoms with Gasteiger partial charge in [0.15, 0.2) is 5.75 Å². The summed E-state index contributed by atoms with van der Waals surface area (Å²) in [6.07, 6.45) is 4.95. The fraction of sp³-hybridized carbons (Fsp3) is 0.391. The molecule has 9 heteroatoms. The summed E-state index contributed by atoms with van der Waals surface area (Å²) in [6.45, 7) is 4.21. The van der Waals surface area contributed by atoms with Gasteiger partial charge in [0.25, 0.3) is 0 Å². The van der Waals surface area contributed by atoms with Gasteiger partial charge in [0, 0.05) is 43.2 Å². The zero-order valence-electron chi connectivity index (χ0n) is 18.0. The number of nitrogens with one attached hydrogen (secondary N) is 1. The molecule has 3 aromatic rings. The Hall–Kier alpha value is -3.33. The maximum absolute atomic E-state index is 14.4. The first kappa shape index (κ1) is 19.4. The van der Waals surface area contributed by atoms with Gasteiger partial charge in [-0.1, -0.05) is 0 Å². The minimum atomic E-state index is -0.285. The number of benzene rings is 1. The number of piperidine rings is 1. The Kier molecular flexibility index (Phi) is 4.13. The Balaban J connectivity index is 1.46. The summed E-state index contributed by atoms with van der Waals surface area (Å²) in [6, 6.07) is 3.35. The number of anilines is 2. The lowest BCUT2D eigenvalue weighted by molar-refractivity contribution is 0.435. The number of hydrogen-bond donors (Lipinski definition) is 2. The average molecular weight is 433 g/mol. The third-order valence-corrected chi connectivity index (χ3v) is 7.02. The van der Waals surface area contributed by atoms with Crippen molar-refractivity contribution in [2.45, 2.75) is 19.8 Å². The van der Waals surface area contributed by atoms with Gasteiger partial charge >= 0.3 is 6.01 Å². The van der Waals surface area contributed by atoms with Crippen molar-refractivity contribution in [1.29, 1.82) is 0 Å². The number of halogens is 1. The molecule has 3 heterocycles. The van der Waals surface area contributed by atoms with Crippen LogP contribution in [-0.4, -0.2) is 46.6 Å². The average Bonchev–Trinajstić information content (AvgIpc) is 3.15. The molecule has 1 saturated heterocycles. The van der Waals surface area contributed by atoms with Crippen LogP contribution in [0.3, 0.4) is 0 Å². The van der Waals surface area contributed by atoms with E-state index in [2.05, 4.69) is 20.2 Å². The van der Waals surface area contributed by atoms with Crippen molar-refractivity contribution in [2.24, 2.45) is 17.1 Å². The van der Waals surface area contributed by atoms with E-state index in [4.69, 9.17) is 20.4 Å². The molecule has 0 amide bonds. The van der Waals surface area contributed by atoms with Crippen molar-refractivity contribution in [3.8, 4) is 22.9 Å². The normalized spacial score (nSPS) is 22.4. The molecular formula is C23H24FN7O. The van der Waals surface area contributed by atoms with E-state index in [1.807, 2.05) is 6.92 Å². The number of nitrogens with two attached hydrogens (primary N) is 1. The molecule has 1 aromatic carbocycles. The highest BCUT2D eigenvalue weighted by Gasteiger charge is 2.59. The lowest BCUT2D eigenvalue weighted by Crippen LogP contribution is -2.29. The largest absolute Gasteiger partial charge is 0.421 e. The summed E-state index contributed by atoms with van der Waals surface area (Å²) >= 11 is 0. The second-order valence-corrected chi connectivity index (χ2v) is 8.97. The van der Waals surface area contributed by atoms with Crippen molar-refractivity contribution < 1.29 is 9.13 Å². The van der Waals surface area contributed by atoms with Crippen LogP contribution in [0.2, 0.25) is 0 Å². The minimum absolute atomic E-state index is 0.170. The standard InChI is InChI=1S/C23H24FN7O/c1-12-27-7-15(8-28-12)32-22-29-19-5-16-17(3-14(24)4-18(16)26-2)20(19)21(30-22)31-9-13-6-23(13,10-25)11-31/h3-4,7-8,13,26H,5-6,9-11,25H2,1-2H3. The highest BCUT2D eigenvalue weighted by molar-refractivity contribution is 5.88. The molecule has 1 aliphatic heterocycles. The minimum Gasteiger partial charge on any atom is -0.421 e. The van der Waals surface area contributed by atoms with Gasteiger partial charge in [-0.2, -0.15) is 9.97 Å². The fourth-order valence-corrected chi connectivity index (χ4v) is 5.20. The summed E-state index contributed by atoms with van der Waals surface area (Å²) in [7, 11) is 1.80. The van der Waals surface area contributed by atoms with Crippen molar-refractivity contribution in [1.82, 2.24) is 19.9 Å². The highest BCUT2D eigenvalue weighted by Crippen LogP contribution is 2.58. The maximum atomic E-state index is 14.4. The predicted molar refractivity (Wildman–Crippen MR) is 118 cm³/mol. The SMILES string of the molecule is CNc1cc(F)cc2c1Cc1nc(Oc3cnc(C)nc3)nc(N3CC4CC4(CN)C3)c1-2. The van der Waals surface area contributed by atoms with Gasteiger partial charge in [0.05, 0.1) is 18.1 Å². The number of aryl methyl sites for hydroxylation is 1. The van der Waals surface area contributed by atoms with Crippen LogP contribution in [0.5, 0.6) is 11.8 Å². The molecule has 0 spiro atoms. The Morgan fingerprint density at radius 3 is 2.81 bits per heavy atom. The monoisotopic (exact) mass is 433 g/mol. The molecule has 2 unspecified atom stereocenters. The molecule has 6 rings (SSSR count). The van der Waals surface area contributed by atoms with Crippen LogP contribution in [0, 0.1) is 24.1 Å². The first-order valence-corrected chi connectivity index (χ1v) is 10.8. The van der Waals surface area contributed by atoms with Gasteiger partial charge in [-0.25, -0.2) is 14.4 Å². The van der Waals surface area contributed by atoms with Crippen LogP contribution in [0.1, 0.15) is 23.5 Å². The number of hydrogen-bond acceptors (Lipinski definition) is 8. The molecule has 8 nitrogen and oxygen atoms in total. The predicted octanol–water partition coefficient (Wildman–Crippen LogP) is 2.90. The Morgan fingerprint density at radius 2 is 2.09 bits per heavy atom. The molecule has 0 radical (unpaired) electrons. The molecule has 2 atom stereocenters. The van der Waals surface area contributed by atoms with Crippen LogP contribution in [0.25, 0.3) is 11.1 Å². The Labute approximate surface area is 185 Å². The lowest BCUT2D eigenvalue weighted by Gasteiger charge is -2.24. The molecule has 2 aliphatic carbocycles. The van der Waals surface area contributed by atoms with Gasteiger partial charge < -0.3 is 20.7 Å². The van der Waals surface area contributed by atoms with E-state index in [1.165, 1.54) is 6.07 Å². The molecule has 32 heavy (non-hydrogen) atoms. The summed E-state index contributed by atoms with van der Waals surface area (Å²) < 4.78 is 20.4. The van der Waals surface area contributed by atoms with Crippen molar-refractivity contribution in [2.75, 3.05) is 36.9 Å². The first-order valence-electron chi connectivity index (χ1n) is 10.8. The quantitative estimate of drug-likeness (QED) is 0.495. The number of ether oxygens (including phenoxy) is 1. The number of aromatic nitrogens is 4. The zero-order chi connectivity index (χ0) is 22.0. The number of fused-ring (bicyclic) bond motifs is 4. The molecule has 2 fully saturated rings. The van der Waals surface area contributed by atoms with Crippen LogP contribution >= 0.6 is 0 Å². The van der Waals surface area contributed by atoms with E-state index >= 15 is 0 Å². The molecule has 0 bridgehead atoms. The van der Waals surface area contributed by atoms with Gasteiger partial charge in [0.2, 0.25) is 0 Å². The highest BCUT2D eigenvalue weighted by atomic mass is 19.1. The van der Waals surface area contributed by atoms with Gasteiger partial charge in [-0.15, -0.1) is 0 Å². The second kappa shape index (κ2) is 6.83. The summed E-state index contributed by atoms with van der Waals surface area (Å²) in [5, 5.41) is 3.11. The van der Waals surface area contributed by atoms with Crippen molar-refractivity contribution >= 4 is 11.5 Å². The molecule has 164 valence electrons. The van der Waals surface area contributed by atoms with E-state index in [-0.39, 0.29) is 17.2 Å². The van der Waals surface area contributed by atoms with Gasteiger partial charge in [0.1, 0.15) is 17.5 Å². The van der Waals surface area contributed by atoms with E-state index in [0.717, 1.165) is 53.4 Å². The Bertz CT molecular complexity index is 1230. The van der Waals surface area contributed by atoms with Gasteiger partial charge in [-0.05, 0) is 49.1 Å². The molecule has 3 aliphatic rings. The second-order valence-electron chi connectivity index (χ2n) is 8.97. The van der Waals surface area contributed by atoms with Crippen LogP contribution < -0.4 is 20.7 Å². The zero-order valence-corrected chi connectivity index (χ0v) is 18.0. The van der Waals surface area contributed by atoms with Crippen molar-refractivity contribution in [3.63, 3.8) is 0 Å². The molecular weight excluding hydrogens is 409 g/mol. The van der Waals surface area contributed by atoms with E-state index in [1.54, 1.807) is 25.5 Å². The third-order valence-electron chi connectivity index (χ3n) is 7.02. The number of rotatable bonds is 5. The third kappa shape index (κ3) is 2.91. The maximum Gasteiger partial charge on any atom is 0.324 e. The molecule has 3 N–H and O–H groups in total. The topological polar surface area (TPSA) is 102 Å². The van der Waals surface area contributed by atoms with Crippen LogP contribution in [0.15, 0.2) is 24.5 Å². The summed E-state index contributed by atoms with van der Waals surface area (Å²) in [5.41, 5.74) is 10.6. The van der Waals surface area contributed by atoms with Crippen LogP contribution in [0.4, 0.5) is 15.9 Å². The van der Waals surface area contributed by atoms with E-state index in [0.29, 0.717) is 30.5 Å². The number of nitrogens with zero attached hydrogens (tertiary/aromatic N) is 5. The van der Waals surface area contributed by atoms with E-state index < -0.39 is 0 Å². The van der Waals surface area contributed by atoms with Gasteiger partial charge in [-0.3, -0.25) is 0 Å².